The molecule has 1 saturated carbocycles. The van der Waals surface area contributed by atoms with Crippen molar-refractivity contribution in [1.82, 2.24) is 0 Å². The van der Waals surface area contributed by atoms with E-state index in [1.165, 1.54) is 32.4 Å². The second-order valence-corrected chi connectivity index (χ2v) is 4.89. The lowest BCUT2D eigenvalue weighted by molar-refractivity contribution is -0.118. The number of methoxy groups -OCH3 is 2. The van der Waals surface area contributed by atoms with Gasteiger partial charge in [-0.15, -0.1) is 12.4 Å². The molecular weight excluding hydrogens is 312 g/mol. The van der Waals surface area contributed by atoms with Gasteiger partial charge in [0.05, 0.1) is 30.9 Å². The van der Waals surface area contributed by atoms with E-state index in [4.69, 9.17) is 5.73 Å². The summed E-state index contributed by atoms with van der Waals surface area (Å²) in [6.45, 7) is 0. The average molecular weight is 329 g/mol. The van der Waals surface area contributed by atoms with Gasteiger partial charge in [0.25, 0.3) is 0 Å². The number of carbonyl (C=O) groups is 3. The normalized spacial score (nSPS) is 14.3. The Labute approximate surface area is 133 Å². The fourth-order valence-electron chi connectivity index (χ4n) is 1.79. The molecule has 0 aliphatic heterocycles. The van der Waals surface area contributed by atoms with Gasteiger partial charge in [0, 0.05) is 5.69 Å². The molecule has 0 bridgehead atoms. The molecule has 1 aliphatic carbocycles. The Balaban J connectivity index is 0.00000242. The lowest BCUT2D eigenvalue weighted by Gasteiger charge is -2.12. The minimum Gasteiger partial charge on any atom is -0.465 e. The number of halogens is 1. The summed E-state index contributed by atoms with van der Waals surface area (Å²) in [5.74, 6) is -1.59. The number of nitrogens with two attached hydrogens (primary N) is 1. The second-order valence-electron chi connectivity index (χ2n) is 4.89. The summed E-state index contributed by atoms with van der Waals surface area (Å²) >= 11 is 0. The Morgan fingerprint density at radius 1 is 1.05 bits per heavy atom. The van der Waals surface area contributed by atoms with Crippen molar-refractivity contribution in [1.29, 1.82) is 0 Å². The van der Waals surface area contributed by atoms with E-state index in [1.807, 2.05) is 0 Å². The van der Waals surface area contributed by atoms with Crippen LogP contribution in [0.3, 0.4) is 0 Å². The molecule has 0 aromatic heterocycles. The quantitative estimate of drug-likeness (QED) is 0.802. The molecule has 0 atom stereocenters. The molecule has 120 valence electrons. The van der Waals surface area contributed by atoms with Crippen molar-refractivity contribution in [2.24, 2.45) is 5.73 Å². The van der Waals surface area contributed by atoms with Gasteiger partial charge in [-0.05, 0) is 31.0 Å². The summed E-state index contributed by atoms with van der Waals surface area (Å²) < 4.78 is 9.23. The van der Waals surface area contributed by atoms with Crippen LogP contribution in [0.1, 0.15) is 33.6 Å². The first-order chi connectivity index (χ1) is 9.89. The maximum absolute atomic E-state index is 11.9. The van der Waals surface area contributed by atoms with Crippen LogP contribution in [-0.4, -0.2) is 37.6 Å². The zero-order chi connectivity index (χ0) is 15.6. The Morgan fingerprint density at radius 3 is 1.86 bits per heavy atom. The number of benzene rings is 1. The molecule has 1 fully saturated rings. The molecular formula is C14H17ClN2O5. The summed E-state index contributed by atoms with van der Waals surface area (Å²) in [6.07, 6.45) is 1.22. The molecule has 7 nitrogen and oxygen atoms in total. The SMILES string of the molecule is COC(=O)c1cc(NC(=O)C2(N)CC2)cc(C(=O)OC)c1.Cl. The molecule has 22 heavy (non-hydrogen) atoms. The van der Waals surface area contributed by atoms with Crippen molar-refractivity contribution in [3.05, 3.63) is 29.3 Å². The number of nitrogens with one attached hydrogen (secondary N) is 1. The minimum absolute atomic E-state index is 0. The Morgan fingerprint density at radius 2 is 1.50 bits per heavy atom. The summed E-state index contributed by atoms with van der Waals surface area (Å²) in [5.41, 5.74) is 5.50. The molecule has 1 aromatic carbocycles. The second kappa shape index (κ2) is 6.76. The number of esters is 2. The third kappa shape index (κ3) is 3.75. The monoisotopic (exact) mass is 328 g/mol. The number of hydrogen-bond acceptors (Lipinski definition) is 6. The van der Waals surface area contributed by atoms with E-state index >= 15 is 0 Å². The molecule has 0 radical (unpaired) electrons. The van der Waals surface area contributed by atoms with E-state index in [9.17, 15) is 14.4 Å². The van der Waals surface area contributed by atoms with Crippen LogP contribution in [0.15, 0.2) is 18.2 Å². The first kappa shape index (κ1) is 17.9. The van der Waals surface area contributed by atoms with Gasteiger partial charge in [-0.1, -0.05) is 0 Å². The number of rotatable bonds is 4. The molecule has 0 spiro atoms. The topological polar surface area (TPSA) is 108 Å². The van der Waals surface area contributed by atoms with Crippen LogP contribution in [0.25, 0.3) is 0 Å². The highest BCUT2D eigenvalue weighted by Gasteiger charge is 2.46. The fourth-order valence-corrected chi connectivity index (χ4v) is 1.79. The lowest BCUT2D eigenvalue weighted by atomic mass is 10.1. The number of amides is 1. The van der Waals surface area contributed by atoms with E-state index < -0.39 is 17.5 Å². The zero-order valence-corrected chi connectivity index (χ0v) is 13.0. The number of carbonyl (C=O) groups excluding carboxylic acids is 3. The lowest BCUT2D eigenvalue weighted by Crippen LogP contribution is -2.37. The van der Waals surface area contributed by atoms with E-state index in [1.54, 1.807) is 0 Å². The highest BCUT2D eigenvalue weighted by molar-refractivity contribution is 6.03. The molecule has 8 heteroatoms. The summed E-state index contributed by atoms with van der Waals surface area (Å²) in [5, 5.41) is 2.60. The molecule has 1 amide bonds. The van der Waals surface area contributed by atoms with Crippen molar-refractivity contribution >= 4 is 35.9 Å². The van der Waals surface area contributed by atoms with Gasteiger partial charge < -0.3 is 20.5 Å². The largest absolute Gasteiger partial charge is 0.465 e. The molecule has 2 rings (SSSR count). The highest BCUT2D eigenvalue weighted by atomic mass is 35.5. The van der Waals surface area contributed by atoms with Crippen LogP contribution in [0.4, 0.5) is 5.69 Å². The van der Waals surface area contributed by atoms with E-state index in [-0.39, 0.29) is 29.4 Å². The van der Waals surface area contributed by atoms with Gasteiger partial charge in [0.15, 0.2) is 0 Å². The molecule has 1 aliphatic rings. The van der Waals surface area contributed by atoms with Crippen molar-refractivity contribution < 1.29 is 23.9 Å². The maximum atomic E-state index is 11.9. The minimum atomic E-state index is -0.854. The van der Waals surface area contributed by atoms with Crippen molar-refractivity contribution in [3.8, 4) is 0 Å². The van der Waals surface area contributed by atoms with Crippen LogP contribution in [0, 0.1) is 0 Å². The molecule has 0 heterocycles. The predicted molar refractivity (Wildman–Crippen MR) is 81.2 cm³/mol. The highest BCUT2D eigenvalue weighted by Crippen LogP contribution is 2.33. The van der Waals surface area contributed by atoms with E-state index in [2.05, 4.69) is 14.8 Å². The maximum Gasteiger partial charge on any atom is 0.337 e. The van der Waals surface area contributed by atoms with Crippen molar-refractivity contribution in [3.63, 3.8) is 0 Å². The van der Waals surface area contributed by atoms with Gasteiger partial charge >= 0.3 is 11.9 Å². The molecule has 1 aromatic rings. The summed E-state index contributed by atoms with van der Waals surface area (Å²) in [7, 11) is 2.45. The number of ether oxygens (including phenoxy) is 2. The van der Waals surface area contributed by atoms with Crippen LogP contribution in [0.2, 0.25) is 0 Å². The first-order valence-corrected chi connectivity index (χ1v) is 6.31. The predicted octanol–water partition coefficient (Wildman–Crippen LogP) is 1.11. The van der Waals surface area contributed by atoms with Crippen LogP contribution >= 0.6 is 12.4 Å². The number of hydrogen-bond donors (Lipinski definition) is 2. The van der Waals surface area contributed by atoms with Crippen LogP contribution < -0.4 is 11.1 Å². The van der Waals surface area contributed by atoms with Gasteiger partial charge in [0.2, 0.25) is 5.91 Å². The fraction of sp³-hybridized carbons (Fsp3) is 0.357. The first-order valence-electron chi connectivity index (χ1n) is 6.31. The zero-order valence-electron chi connectivity index (χ0n) is 12.2. The Bertz CT molecular complexity index is 579. The molecule has 3 N–H and O–H groups in total. The van der Waals surface area contributed by atoms with Gasteiger partial charge in [-0.3, -0.25) is 4.79 Å². The number of anilines is 1. The molecule has 0 unspecified atom stereocenters. The summed E-state index contributed by atoms with van der Waals surface area (Å²) in [6, 6.07) is 4.17. The van der Waals surface area contributed by atoms with Gasteiger partial charge in [0.1, 0.15) is 0 Å². The standard InChI is InChI=1S/C14H16N2O5.ClH/c1-20-11(17)8-5-9(12(18)21-2)7-10(6-8)16-13(19)14(15)3-4-14;/h5-7H,3-4,15H2,1-2H3,(H,16,19);1H. The smallest absolute Gasteiger partial charge is 0.337 e. The van der Waals surface area contributed by atoms with Gasteiger partial charge in [-0.25, -0.2) is 9.59 Å². The van der Waals surface area contributed by atoms with E-state index in [0.29, 0.717) is 18.5 Å². The Kier molecular flexibility index (Phi) is 5.51. The van der Waals surface area contributed by atoms with Gasteiger partial charge in [-0.2, -0.15) is 0 Å². The Hall–Kier alpha value is -2.12. The van der Waals surface area contributed by atoms with Crippen LogP contribution in [-0.2, 0) is 14.3 Å². The molecule has 0 saturated heterocycles. The third-order valence-electron chi connectivity index (χ3n) is 3.27. The van der Waals surface area contributed by atoms with Crippen LogP contribution in [0.5, 0.6) is 0 Å². The van der Waals surface area contributed by atoms with Crippen molar-refractivity contribution in [2.75, 3.05) is 19.5 Å². The van der Waals surface area contributed by atoms with E-state index in [0.717, 1.165) is 0 Å². The van der Waals surface area contributed by atoms with Crippen molar-refractivity contribution in [2.45, 2.75) is 18.4 Å². The third-order valence-corrected chi connectivity index (χ3v) is 3.27. The average Bonchev–Trinajstić information content (AvgIpc) is 3.24. The summed E-state index contributed by atoms with van der Waals surface area (Å²) in [4.78, 5) is 35.2.